The number of carbonyl (C=O) groups is 1. The topological polar surface area (TPSA) is 38.1 Å². The summed E-state index contributed by atoms with van der Waals surface area (Å²) in [6.45, 7) is 7.09. The van der Waals surface area contributed by atoms with Crippen molar-refractivity contribution in [2.45, 2.75) is 46.1 Å². The molecule has 1 saturated heterocycles. The van der Waals surface area contributed by atoms with Crippen molar-refractivity contribution in [3.63, 3.8) is 0 Å². The molecule has 0 aliphatic carbocycles. The second kappa shape index (κ2) is 5.88. The average Bonchev–Trinajstić information content (AvgIpc) is 3.12. The van der Waals surface area contributed by atoms with Gasteiger partial charge in [0.1, 0.15) is 0 Å². The van der Waals surface area contributed by atoms with E-state index in [1.807, 2.05) is 18.7 Å². The van der Waals surface area contributed by atoms with E-state index in [9.17, 15) is 4.79 Å². The zero-order chi connectivity index (χ0) is 15.9. The predicted octanol–water partition coefficient (Wildman–Crippen LogP) is 3.31. The van der Waals surface area contributed by atoms with Crippen molar-refractivity contribution in [2.24, 2.45) is 7.05 Å². The van der Waals surface area contributed by atoms with Gasteiger partial charge in [0.05, 0.1) is 18.2 Å². The molecule has 1 aliphatic heterocycles. The zero-order valence-electron chi connectivity index (χ0n) is 13.7. The van der Waals surface area contributed by atoms with Gasteiger partial charge in [-0.25, -0.2) is 0 Å². The maximum Gasteiger partial charge on any atom is 0.228 e. The molecule has 0 N–H and O–H groups in total. The summed E-state index contributed by atoms with van der Waals surface area (Å²) >= 11 is 1.72. The molecule has 0 spiro atoms. The maximum absolute atomic E-state index is 12.7. The van der Waals surface area contributed by atoms with Gasteiger partial charge in [-0.3, -0.25) is 9.48 Å². The first-order valence-electron chi connectivity index (χ1n) is 7.82. The molecule has 2 aromatic rings. The quantitative estimate of drug-likeness (QED) is 0.871. The number of carbonyl (C=O) groups excluding carboxylic acids is 1. The van der Waals surface area contributed by atoms with Crippen LogP contribution < -0.4 is 0 Å². The smallest absolute Gasteiger partial charge is 0.228 e. The van der Waals surface area contributed by atoms with Crippen molar-refractivity contribution < 1.29 is 4.79 Å². The molecular weight excluding hydrogens is 294 g/mol. The minimum Gasteiger partial charge on any atom is -0.335 e. The minimum atomic E-state index is 0.197. The van der Waals surface area contributed by atoms with Crippen LogP contribution in [0.1, 0.15) is 45.6 Å². The van der Waals surface area contributed by atoms with Crippen molar-refractivity contribution in [1.82, 2.24) is 14.7 Å². The highest BCUT2D eigenvalue weighted by Crippen LogP contribution is 2.36. The number of nitrogens with zero attached hydrogens (tertiary/aromatic N) is 3. The Kier molecular flexibility index (Phi) is 4.08. The lowest BCUT2D eigenvalue weighted by molar-refractivity contribution is -0.131. The van der Waals surface area contributed by atoms with Crippen LogP contribution in [0.3, 0.4) is 0 Å². The van der Waals surface area contributed by atoms with Crippen LogP contribution in [0.4, 0.5) is 0 Å². The van der Waals surface area contributed by atoms with E-state index in [1.54, 1.807) is 11.3 Å². The molecule has 0 aromatic carbocycles. The Morgan fingerprint density at radius 1 is 1.36 bits per heavy atom. The van der Waals surface area contributed by atoms with Crippen LogP contribution in [0.15, 0.2) is 12.1 Å². The molecule has 0 unspecified atom stereocenters. The van der Waals surface area contributed by atoms with Gasteiger partial charge in [-0.05, 0) is 45.7 Å². The summed E-state index contributed by atoms with van der Waals surface area (Å²) in [6, 6.07) is 4.36. The first kappa shape index (κ1) is 15.3. The van der Waals surface area contributed by atoms with Crippen LogP contribution in [0.2, 0.25) is 0 Å². The number of hydrogen-bond donors (Lipinski definition) is 0. The fourth-order valence-corrected chi connectivity index (χ4v) is 4.35. The maximum atomic E-state index is 12.7. The van der Waals surface area contributed by atoms with Crippen molar-refractivity contribution in [3.05, 3.63) is 38.8 Å². The van der Waals surface area contributed by atoms with Crippen LogP contribution in [0, 0.1) is 20.8 Å². The molecular formula is C17H23N3OS. The Labute approximate surface area is 135 Å². The first-order valence-corrected chi connectivity index (χ1v) is 8.64. The minimum absolute atomic E-state index is 0.197. The summed E-state index contributed by atoms with van der Waals surface area (Å²) in [6.07, 6.45) is 2.64. The van der Waals surface area contributed by atoms with E-state index in [1.165, 1.54) is 16.1 Å². The molecule has 1 fully saturated rings. The number of aromatic nitrogens is 2. The van der Waals surface area contributed by atoms with Gasteiger partial charge in [0.15, 0.2) is 0 Å². The van der Waals surface area contributed by atoms with E-state index in [2.05, 4.69) is 36.0 Å². The lowest BCUT2D eigenvalue weighted by Gasteiger charge is -2.25. The van der Waals surface area contributed by atoms with Crippen molar-refractivity contribution in [1.29, 1.82) is 0 Å². The van der Waals surface area contributed by atoms with Gasteiger partial charge in [-0.1, -0.05) is 0 Å². The van der Waals surface area contributed by atoms with Gasteiger partial charge in [-0.2, -0.15) is 5.10 Å². The summed E-state index contributed by atoms with van der Waals surface area (Å²) in [5.41, 5.74) is 3.47. The number of likely N-dealkylation sites (tertiary alicyclic amines) is 1. The van der Waals surface area contributed by atoms with E-state index in [0.29, 0.717) is 6.42 Å². The summed E-state index contributed by atoms with van der Waals surface area (Å²) in [5, 5.41) is 4.52. The van der Waals surface area contributed by atoms with Gasteiger partial charge < -0.3 is 4.90 Å². The summed E-state index contributed by atoms with van der Waals surface area (Å²) in [5.74, 6) is 0.243. The van der Waals surface area contributed by atoms with Crippen molar-refractivity contribution in [2.75, 3.05) is 6.54 Å². The number of amides is 1. The third kappa shape index (κ3) is 2.70. The number of hydrogen-bond acceptors (Lipinski definition) is 3. The third-order valence-corrected chi connectivity index (χ3v) is 5.59. The van der Waals surface area contributed by atoms with Crippen LogP contribution in [0.5, 0.6) is 0 Å². The molecule has 0 saturated carbocycles. The number of aryl methyl sites for hydroxylation is 3. The van der Waals surface area contributed by atoms with Crippen LogP contribution in [-0.2, 0) is 18.3 Å². The molecule has 2 aromatic heterocycles. The molecule has 22 heavy (non-hydrogen) atoms. The molecule has 0 radical (unpaired) electrons. The van der Waals surface area contributed by atoms with Crippen molar-refractivity contribution in [3.8, 4) is 0 Å². The zero-order valence-corrected chi connectivity index (χ0v) is 14.5. The Balaban J connectivity index is 1.82. The fourth-order valence-electron chi connectivity index (χ4n) is 3.47. The molecule has 5 heteroatoms. The van der Waals surface area contributed by atoms with Gasteiger partial charge in [0, 0.05) is 34.6 Å². The molecule has 3 rings (SSSR count). The molecule has 1 aliphatic rings. The molecule has 3 heterocycles. The largest absolute Gasteiger partial charge is 0.335 e. The van der Waals surface area contributed by atoms with E-state index in [0.717, 1.165) is 30.0 Å². The highest BCUT2D eigenvalue weighted by atomic mass is 32.1. The highest BCUT2D eigenvalue weighted by Gasteiger charge is 2.33. The molecule has 0 bridgehead atoms. The van der Waals surface area contributed by atoms with Gasteiger partial charge in [0.25, 0.3) is 0 Å². The monoisotopic (exact) mass is 317 g/mol. The van der Waals surface area contributed by atoms with E-state index < -0.39 is 0 Å². The van der Waals surface area contributed by atoms with Gasteiger partial charge in [0.2, 0.25) is 5.91 Å². The Morgan fingerprint density at radius 2 is 2.14 bits per heavy atom. The number of thiophene rings is 1. The fraction of sp³-hybridized carbons (Fsp3) is 0.529. The number of rotatable bonds is 3. The van der Waals surface area contributed by atoms with Crippen LogP contribution in [0.25, 0.3) is 0 Å². The molecule has 118 valence electrons. The molecule has 1 amide bonds. The Hall–Kier alpha value is -1.62. The highest BCUT2D eigenvalue weighted by molar-refractivity contribution is 7.12. The average molecular weight is 317 g/mol. The normalized spacial score (nSPS) is 18.2. The Bertz CT molecular complexity index is 701. The van der Waals surface area contributed by atoms with Crippen molar-refractivity contribution >= 4 is 17.2 Å². The molecule has 1 atom stereocenters. The Morgan fingerprint density at radius 3 is 2.73 bits per heavy atom. The third-order valence-electron chi connectivity index (χ3n) is 4.59. The second-order valence-corrected chi connectivity index (χ2v) is 7.51. The lowest BCUT2D eigenvalue weighted by atomic mass is 10.0. The second-order valence-electron chi connectivity index (χ2n) is 6.14. The summed E-state index contributed by atoms with van der Waals surface area (Å²) in [4.78, 5) is 17.2. The van der Waals surface area contributed by atoms with E-state index >= 15 is 0 Å². The van der Waals surface area contributed by atoms with Gasteiger partial charge >= 0.3 is 0 Å². The van der Waals surface area contributed by atoms with Crippen LogP contribution >= 0.6 is 11.3 Å². The SMILES string of the molecule is Cc1ccc(CC(=O)N2CCC[C@@H]2c2c(C)nn(C)c2C)s1. The first-order chi connectivity index (χ1) is 10.5. The van der Waals surface area contributed by atoms with E-state index in [-0.39, 0.29) is 11.9 Å². The summed E-state index contributed by atoms with van der Waals surface area (Å²) < 4.78 is 1.92. The molecule has 4 nitrogen and oxygen atoms in total. The lowest BCUT2D eigenvalue weighted by Crippen LogP contribution is -2.32. The van der Waals surface area contributed by atoms with E-state index in [4.69, 9.17) is 0 Å². The van der Waals surface area contributed by atoms with Gasteiger partial charge in [-0.15, -0.1) is 11.3 Å². The summed E-state index contributed by atoms with van der Waals surface area (Å²) in [7, 11) is 1.97. The predicted molar refractivity (Wildman–Crippen MR) is 89.1 cm³/mol. The van der Waals surface area contributed by atoms with Crippen LogP contribution in [-0.4, -0.2) is 27.1 Å². The standard InChI is InChI=1S/C17H23N3OS/c1-11-7-8-14(22-11)10-16(21)20-9-5-6-15(20)17-12(2)18-19(4)13(17)3/h7-8,15H,5-6,9-10H2,1-4H3/t15-/m1/s1.